The molecular weight excluding hydrogens is 669 g/mol. The number of fused-ring (bicyclic) bond motifs is 4. The molecule has 4 N–H and O–H groups in total. The van der Waals surface area contributed by atoms with E-state index >= 15 is 0 Å². The summed E-state index contributed by atoms with van der Waals surface area (Å²) in [5.41, 5.74) is 3.45. The minimum atomic E-state index is -0.139. The third kappa shape index (κ3) is 5.77. The van der Waals surface area contributed by atoms with Crippen molar-refractivity contribution in [3.63, 3.8) is 0 Å². The van der Waals surface area contributed by atoms with Crippen LogP contribution in [0.25, 0.3) is 65.3 Å². The fourth-order valence-corrected chi connectivity index (χ4v) is 8.26. The van der Waals surface area contributed by atoms with Crippen molar-refractivity contribution in [2.24, 2.45) is 9.98 Å². The zero-order chi connectivity index (χ0) is 36.8. The van der Waals surface area contributed by atoms with Gasteiger partial charge in [0.2, 0.25) is 0 Å². The van der Waals surface area contributed by atoms with Crippen LogP contribution >= 0.6 is 0 Å². The molecule has 8 aromatic carbocycles. The second-order valence-electron chi connectivity index (χ2n) is 14.2. The van der Waals surface area contributed by atoms with Crippen molar-refractivity contribution < 1.29 is 20.4 Å². The largest absolute Gasteiger partial charge is 0.507 e. The number of phenolic OH excluding ortho intramolecular Hbond substituents is 4. The van der Waals surface area contributed by atoms with Gasteiger partial charge >= 0.3 is 0 Å². The van der Waals surface area contributed by atoms with Crippen molar-refractivity contribution in [2.75, 3.05) is 0 Å². The molecule has 0 aromatic heterocycles. The maximum absolute atomic E-state index is 11.9. The van der Waals surface area contributed by atoms with Gasteiger partial charge in [-0.05, 0) is 80.2 Å². The summed E-state index contributed by atoms with van der Waals surface area (Å²) in [5, 5.41) is 53.4. The third-order valence-electron chi connectivity index (χ3n) is 10.9. The number of hydrogen-bond donors (Lipinski definition) is 4. The van der Waals surface area contributed by atoms with Gasteiger partial charge < -0.3 is 20.4 Å². The Hall–Kier alpha value is -6.66. The van der Waals surface area contributed by atoms with Crippen LogP contribution in [0.2, 0.25) is 0 Å². The lowest BCUT2D eigenvalue weighted by Crippen LogP contribution is -2.27. The molecule has 0 aliphatic heterocycles. The van der Waals surface area contributed by atoms with Gasteiger partial charge in [0.15, 0.2) is 0 Å². The van der Waals surface area contributed by atoms with E-state index in [1.807, 2.05) is 121 Å². The molecule has 0 amide bonds. The second kappa shape index (κ2) is 13.7. The predicted octanol–water partition coefficient (Wildman–Crippen LogP) is 11.3. The van der Waals surface area contributed by atoms with E-state index in [1.165, 1.54) is 0 Å². The van der Waals surface area contributed by atoms with Crippen LogP contribution in [0.1, 0.15) is 36.8 Å². The molecule has 0 radical (unpaired) electrons. The van der Waals surface area contributed by atoms with Crippen LogP contribution in [0.3, 0.4) is 0 Å². The van der Waals surface area contributed by atoms with Crippen LogP contribution in [-0.4, -0.2) is 44.9 Å². The molecule has 0 spiro atoms. The summed E-state index contributed by atoms with van der Waals surface area (Å²) < 4.78 is 0. The summed E-state index contributed by atoms with van der Waals surface area (Å²) in [6.45, 7) is 0. The topological polar surface area (TPSA) is 106 Å². The zero-order valence-corrected chi connectivity index (χ0v) is 29.5. The molecular formula is C48H38N2O4. The Kier molecular flexibility index (Phi) is 8.43. The van der Waals surface area contributed by atoms with E-state index in [0.29, 0.717) is 33.4 Å². The van der Waals surface area contributed by atoms with Gasteiger partial charge in [0.25, 0.3) is 0 Å². The maximum atomic E-state index is 11.9. The van der Waals surface area contributed by atoms with Crippen molar-refractivity contribution in [1.29, 1.82) is 0 Å². The van der Waals surface area contributed by atoms with E-state index in [9.17, 15) is 20.4 Å². The molecule has 0 heterocycles. The lowest BCUT2D eigenvalue weighted by atomic mass is 9.89. The van der Waals surface area contributed by atoms with Crippen LogP contribution in [-0.2, 0) is 0 Å². The Balaban J connectivity index is 1.11. The van der Waals surface area contributed by atoms with Crippen LogP contribution in [0.4, 0.5) is 0 Å². The molecule has 0 saturated heterocycles. The van der Waals surface area contributed by atoms with Gasteiger partial charge in [-0.25, -0.2) is 0 Å². The number of rotatable bonds is 6. The van der Waals surface area contributed by atoms with Gasteiger partial charge in [-0.1, -0.05) is 122 Å². The molecule has 8 aromatic rings. The maximum Gasteiger partial charge on any atom is 0.132 e. The molecule has 264 valence electrons. The molecule has 0 bridgehead atoms. The molecule has 1 saturated carbocycles. The van der Waals surface area contributed by atoms with E-state index < -0.39 is 0 Å². The summed E-state index contributed by atoms with van der Waals surface area (Å²) in [5.74, 6) is 0.317. The van der Waals surface area contributed by atoms with Crippen LogP contribution in [0, 0.1) is 0 Å². The molecule has 6 nitrogen and oxygen atoms in total. The lowest BCUT2D eigenvalue weighted by Gasteiger charge is -2.25. The zero-order valence-electron chi connectivity index (χ0n) is 29.5. The molecule has 1 fully saturated rings. The van der Waals surface area contributed by atoms with Crippen LogP contribution in [0.15, 0.2) is 143 Å². The molecule has 6 heteroatoms. The lowest BCUT2D eigenvalue weighted by molar-refractivity contribution is 0.390. The van der Waals surface area contributed by atoms with Crippen molar-refractivity contribution in [3.8, 4) is 45.3 Å². The third-order valence-corrected chi connectivity index (χ3v) is 10.9. The summed E-state index contributed by atoms with van der Waals surface area (Å²) in [4.78, 5) is 10.1. The normalized spacial score (nSPS) is 16.4. The summed E-state index contributed by atoms with van der Waals surface area (Å²) in [6.07, 6.45) is 7.20. The molecule has 54 heavy (non-hydrogen) atoms. The highest BCUT2D eigenvalue weighted by Crippen LogP contribution is 2.47. The first-order valence-corrected chi connectivity index (χ1v) is 18.4. The first-order chi connectivity index (χ1) is 26.5. The van der Waals surface area contributed by atoms with Gasteiger partial charge in [-0.3, -0.25) is 9.98 Å². The Morgan fingerprint density at radius 1 is 0.407 bits per heavy atom. The van der Waals surface area contributed by atoms with Crippen molar-refractivity contribution in [2.45, 2.75) is 37.8 Å². The van der Waals surface area contributed by atoms with Crippen molar-refractivity contribution in [3.05, 3.63) is 145 Å². The number of nitrogens with zero attached hydrogens (tertiary/aromatic N) is 2. The number of hydrogen-bond acceptors (Lipinski definition) is 6. The molecule has 2 atom stereocenters. The van der Waals surface area contributed by atoms with Gasteiger partial charge in [-0.15, -0.1) is 0 Å². The highest BCUT2D eigenvalue weighted by atomic mass is 16.3. The summed E-state index contributed by atoms with van der Waals surface area (Å²) in [7, 11) is 0. The first-order valence-electron chi connectivity index (χ1n) is 18.4. The number of phenols is 4. The molecule has 0 unspecified atom stereocenters. The Morgan fingerprint density at radius 2 is 0.759 bits per heavy atom. The van der Waals surface area contributed by atoms with Crippen molar-refractivity contribution >= 4 is 55.5 Å². The standard InChI is InChI=1S/C48H38N2O4/c51-41-23-21-29-11-1-5-15-35(29)43(41)45-37-17-7-3-13-31(37)25-33(47(45)53)27-49-39-19-9-10-20-40(39)50-28-34-26-32-14-4-8-18-38(32)46(48(34)54)44-36-16-6-2-12-30(36)22-24-42(44)52/h1-8,11-18,21-28,39-40,51-54H,9-10,19-20H2/t39-,40+. The van der Waals surface area contributed by atoms with Gasteiger partial charge in [0.05, 0.1) is 12.1 Å². The quantitative estimate of drug-likeness (QED) is 0.129. The monoisotopic (exact) mass is 706 g/mol. The first kappa shape index (κ1) is 33.2. The average molecular weight is 707 g/mol. The van der Waals surface area contributed by atoms with Crippen molar-refractivity contribution in [1.82, 2.24) is 0 Å². The number of aromatic hydroxyl groups is 4. The van der Waals surface area contributed by atoms with E-state index in [-0.39, 0.29) is 35.1 Å². The SMILES string of the molecule is Oc1ccc2ccccc2c1-c1c(O)c(C=N[C@H]2CCCC[C@H]2N=Cc2cc3ccccc3c(-c3c(O)ccc4ccccc34)c2O)cc2ccccc12. The molecule has 9 rings (SSSR count). The predicted molar refractivity (Wildman–Crippen MR) is 222 cm³/mol. The fraction of sp³-hybridized carbons (Fsp3) is 0.125. The molecule has 1 aliphatic rings. The Bertz CT molecular complexity index is 2610. The minimum absolute atomic E-state index is 0.0604. The van der Waals surface area contributed by atoms with Gasteiger partial charge in [0.1, 0.15) is 23.0 Å². The minimum Gasteiger partial charge on any atom is -0.507 e. The van der Waals surface area contributed by atoms with Crippen LogP contribution in [0.5, 0.6) is 23.0 Å². The highest BCUT2D eigenvalue weighted by molar-refractivity contribution is 6.13. The Morgan fingerprint density at radius 3 is 1.17 bits per heavy atom. The second-order valence-corrected chi connectivity index (χ2v) is 14.2. The van der Waals surface area contributed by atoms with Crippen LogP contribution < -0.4 is 0 Å². The average Bonchev–Trinajstić information content (AvgIpc) is 3.20. The van der Waals surface area contributed by atoms with E-state index in [0.717, 1.165) is 68.8 Å². The smallest absolute Gasteiger partial charge is 0.132 e. The van der Waals surface area contributed by atoms with E-state index in [1.54, 1.807) is 24.6 Å². The van der Waals surface area contributed by atoms with E-state index in [2.05, 4.69) is 0 Å². The summed E-state index contributed by atoms with van der Waals surface area (Å²) >= 11 is 0. The van der Waals surface area contributed by atoms with Gasteiger partial charge in [-0.2, -0.15) is 0 Å². The van der Waals surface area contributed by atoms with Gasteiger partial charge in [0, 0.05) is 45.8 Å². The molecule has 1 aliphatic carbocycles. The number of benzene rings is 8. The fourth-order valence-electron chi connectivity index (χ4n) is 8.26. The number of aliphatic imine (C=N–C) groups is 2. The summed E-state index contributed by atoms with van der Waals surface area (Å²) in [6, 6.07) is 42.2. The van der Waals surface area contributed by atoms with E-state index in [4.69, 9.17) is 9.98 Å². The Labute approximate surface area is 312 Å². The highest BCUT2D eigenvalue weighted by Gasteiger charge is 2.25.